The van der Waals surface area contributed by atoms with Gasteiger partial charge in [-0.05, 0) is 39.4 Å². The van der Waals surface area contributed by atoms with Gasteiger partial charge >= 0.3 is 0 Å². The van der Waals surface area contributed by atoms with Crippen LogP contribution in [0.3, 0.4) is 0 Å². The monoisotopic (exact) mass is 227 g/mol. The molecule has 16 heavy (non-hydrogen) atoms. The molecule has 0 aromatic heterocycles. The van der Waals surface area contributed by atoms with Gasteiger partial charge < -0.3 is 15.5 Å². The van der Waals surface area contributed by atoms with Gasteiger partial charge in [-0.3, -0.25) is 4.79 Å². The molecule has 0 aromatic carbocycles. The van der Waals surface area contributed by atoms with E-state index in [1.165, 1.54) is 19.3 Å². The maximum atomic E-state index is 12.0. The van der Waals surface area contributed by atoms with Crippen molar-refractivity contribution >= 4 is 5.91 Å². The van der Waals surface area contributed by atoms with Gasteiger partial charge in [0.05, 0.1) is 6.54 Å². The highest BCUT2D eigenvalue weighted by molar-refractivity contribution is 5.78. The van der Waals surface area contributed by atoms with Crippen LogP contribution in [0.15, 0.2) is 0 Å². The summed E-state index contributed by atoms with van der Waals surface area (Å²) in [6.45, 7) is 1.19. The van der Waals surface area contributed by atoms with Crippen LogP contribution in [0.1, 0.15) is 25.7 Å². The minimum atomic E-state index is 0.204. The van der Waals surface area contributed by atoms with Gasteiger partial charge in [0, 0.05) is 13.1 Å². The number of likely N-dealkylation sites (N-methyl/N-ethyl adjacent to an activating group) is 2. The lowest BCUT2D eigenvalue weighted by atomic mass is 9.83. The van der Waals surface area contributed by atoms with Crippen LogP contribution < -0.4 is 5.73 Å². The van der Waals surface area contributed by atoms with Crippen LogP contribution in [0.25, 0.3) is 0 Å². The molecule has 1 aliphatic carbocycles. The van der Waals surface area contributed by atoms with E-state index in [1.807, 2.05) is 30.9 Å². The Bertz CT molecular complexity index is 230. The largest absolute Gasteiger partial charge is 0.341 e. The molecule has 1 aliphatic rings. The SMILES string of the molecule is CN(C)CC(=O)N(C)C1CCCCC1CN. The first kappa shape index (κ1) is 13.5. The van der Waals surface area contributed by atoms with Crippen LogP contribution in [-0.4, -0.2) is 56.0 Å². The van der Waals surface area contributed by atoms with Crippen molar-refractivity contribution in [2.75, 3.05) is 34.2 Å². The highest BCUT2D eigenvalue weighted by atomic mass is 16.2. The van der Waals surface area contributed by atoms with Crippen LogP contribution in [0.5, 0.6) is 0 Å². The van der Waals surface area contributed by atoms with Crippen molar-refractivity contribution in [3.8, 4) is 0 Å². The summed E-state index contributed by atoms with van der Waals surface area (Å²) >= 11 is 0. The second-order valence-electron chi connectivity index (χ2n) is 5.09. The van der Waals surface area contributed by atoms with Crippen LogP contribution in [0.2, 0.25) is 0 Å². The molecule has 0 spiro atoms. The summed E-state index contributed by atoms with van der Waals surface area (Å²) in [5, 5.41) is 0. The first-order valence-electron chi connectivity index (χ1n) is 6.16. The quantitative estimate of drug-likeness (QED) is 0.762. The van der Waals surface area contributed by atoms with E-state index in [0.717, 1.165) is 6.42 Å². The molecule has 0 radical (unpaired) electrons. The molecular weight excluding hydrogens is 202 g/mol. The lowest BCUT2D eigenvalue weighted by molar-refractivity contribution is -0.134. The van der Waals surface area contributed by atoms with Crippen LogP contribution in [-0.2, 0) is 4.79 Å². The smallest absolute Gasteiger partial charge is 0.236 e. The van der Waals surface area contributed by atoms with Crippen LogP contribution in [0.4, 0.5) is 0 Å². The van der Waals surface area contributed by atoms with Crippen LogP contribution in [0, 0.1) is 5.92 Å². The summed E-state index contributed by atoms with van der Waals surface area (Å²) < 4.78 is 0. The summed E-state index contributed by atoms with van der Waals surface area (Å²) in [5.41, 5.74) is 5.78. The van der Waals surface area contributed by atoms with Gasteiger partial charge in [0.25, 0.3) is 0 Å². The summed E-state index contributed by atoms with van der Waals surface area (Å²) in [5.74, 6) is 0.695. The number of nitrogens with two attached hydrogens (primary N) is 1. The van der Waals surface area contributed by atoms with Gasteiger partial charge in [-0.2, -0.15) is 0 Å². The van der Waals surface area contributed by atoms with Crippen molar-refractivity contribution in [3.63, 3.8) is 0 Å². The van der Waals surface area contributed by atoms with Gasteiger partial charge in [0.1, 0.15) is 0 Å². The van der Waals surface area contributed by atoms with Crippen molar-refractivity contribution in [1.29, 1.82) is 0 Å². The Morgan fingerprint density at radius 2 is 1.88 bits per heavy atom. The third-order valence-corrected chi connectivity index (χ3v) is 3.51. The van der Waals surface area contributed by atoms with E-state index in [0.29, 0.717) is 25.0 Å². The predicted octanol–water partition coefficient (Wildman–Crippen LogP) is 0.524. The van der Waals surface area contributed by atoms with Crippen molar-refractivity contribution < 1.29 is 4.79 Å². The van der Waals surface area contributed by atoms with Gasteiger partial charge in [-0.15, -0.1) is 0 Å². The molecule has 4 nitrogen and oxygen atoms in total. The normalized spacial score (nSPS) is 25.8. The van der Waals surface area contributed by atoms with E-state index < -0.39 is 0 Å². The van der Waals surface area contributed by atoms with Crippen molar-refractivity contribution in [3.05, 3.63) is 0 Å². The molecule has 1 fully saturated rings. The maximum absolute atomic E-state index is 12.0. The fourth-order valence-corrected chi connectivity index (χ4v) is 2.54. The number of carbonyl (C=O) groups excluding carboxylic acids is 1. The lowest BCUT2D eigenvalue weighted by Gasteiger charge is -2.38. The average Bonchev–Trinajstić information content (AvgIpc) is 2.27. The van der Waals surface area contributed by atoms with E-state index >= 15 is 0 Å². The third kappa shape index (κ3) is 3.46. The zero-order valence-corrected chi connectivity index (χ0v) is 10.8. The Labute approximate surface area is 98.8 Å². The number of nitrogens with zero attached hydrogens (tertiary/aromatic N) is 2. The molecule has 0 bridgehead atoms. The molecule has 1 saturated carbocycles. The number of hydrogen-bond acceptors (Lipinski definition) is 3. The third-order valence-electron chi connectivity index (χ3n) is 3.51. The van der Waals surface area contributed by atoms with Gasteiger partial charge in [-0.25, -0.2) is 0 Å². The molecule has 1 amide bonds. The molecule has 0 aliphatic heterocycles. The zero-order valence-electron chi connectivity index (χ0n) is 10.8. The number of hydrogen-bond donors (Lipinski definition) is 1. The van der Waals surface area contributed by atoms with E-state index in [2.05, 4.69) is 0 Å². The van der Waals surface area contributed by atoms with Crippen molar-refractivity contribution in [2.45, 2.75) is 31.7 Å². The zero-order chi connectivity index (χ0) is 12.1. The fourth-order valence-electron chi connectivity index (χ4n) is 2.54. The molecule has 2 unspecified atom stereocenters. The Morgan fingerprint density at radius 1 is 1.25 bits per heavy atom. The Hall–Kier alpha value is -0.610. The lowest BCUT2D eigenvalue weighted by Crippen LogP contribution is -2.48. The van der Waals surface area contributed by atoms with E-state index in [1.54, 1.807) is 0 Å². The van der Waals surface area contributed by atoms with E-state index in [4.69, 9.17) is 5.73 Å². The molecule has 0 aromatic rings. The number of amides is 1. The van der Waals surface area contributed by atoms with Gasteiger partial charge in [0.15, 0.2) is 0 Å². The highest BCUT2D eigenvalue weighted by Gasteiger charge is 2.29. The van der Waals surface area contributed by atoms with Gasteiger partial charge in [-0.1, -0.05) is 12.8 Å². The second-order valence-corrected chi connectivity index (χ2v) is 5.09. The molecule has 94 valence electrons. The molecule has 0 saturated heterocycles. The minimum absolute atomic E-state index is 0.204. The van der Waals surface area contributed by atoms with Crippen molar-refractivity contribution in [2.24, 2.45) is 11.7 Å². The van der Waals surface area contributed by atoms with E-state index in [9.17, 15) is 4.79 Å². The standard InChI is InChI=1S/C12H25N3O/c1-14(2)9-12(16)15(3)11-7-5-4-6-10(11)8-13/h10-11H,4-9,13H2,1-3H3. The van der Waals surface area contributed by atoms with Gasteiger partial charge in [0.2, 0.25) is 5.91 Å². The van der Waals surface area contributed by atoms with Crippen molar-refractivity contribution in [1.82, 2.24) is 9.80 Å². The number of carbonyl (C=O) groups is 1. The highest BCUT2D eigenvalue weighted by Crippen LogP contribution is 2.27. The summed E-state index contributed by atoms with van der Waals surface area (Å²) in [6.07, 6.45) is 4.76. The Morgan fingerprint density at radius 3 is 2.44 bits per heavy atom. The van der Waals surface area contributed by atoms with E-state index in [-0.39, 0.29) is 5.91 Å². The molecule has 0 heterocycles. The first-order valence-corrected chi connectivity index (χ1v) is 6.16. The minimum Gasteiger partial charge on any atom is -0.341 e. The summed E-state index contributed by atoms with van der Waals surface area (Å²) in [6, 6.07) is 0.353. The molecule has 1 rings (SSSR count). The summed E-state index contributed by atoms with van der Waals surface area (Å²) in [4.78, 5) is 15.8. The maximum Gasteiger partial charge on any atom is 0.236 e. The fraction of sp³-hybridized carbons (Fsp3) is 0.917. The molecular formula is C12H25N3O. The second kappa shape index (κ2) is 6.21. The molecule has 2 N–H and O–H groups in total. The average molecular weight is 227 g/mol. The van der Waals surface area contributed by atoms with Crippen LogP contribution >= 0.6 is 0 Å². The Balaban J connectivity index is 2.56. The molecule has 2 atom stereocenters. The Kier molecular flexibility index (Phi) is 5.22. The predicted molar refractivity (Wildman–Crippen MR) is 66.1 cm³/mol. The first-order chi connectivity index (χ1) is 7.56. The number of rotatable bonds is 4. The topological polar surface area (TPSA) is 49.6 Å². The molecule has 4 heteroatoms. The summed E-state index contributed by atoms with van der Waals surface area (Å²) in [7, 11) is 5.77.